The molecular formula is C61H54Ir3N4O6-4. The van der Waals surface area contributed by atoms with Gasteiger partial charge in [0.15, 0.2) is 11.6 Å². The largest absolute Gasteiger partial charge is 0.512 e. The molecule has 2 atom stereocenters. The Bertz CT molecular complexity index is 2920. The maximum Gasteiger partial charge on any atom is 0.155 e. The molecule has 0 bridgehead atoms. The minimum atomic E-state index is -0.125. The summed E-state index contributed by atoms with van der Waals surface area (Å²) in [6.07, 6.45) is 17.4. The number of aliphatic imine (C=N–C) groups is 1. The predicted molar refractivity (Wildman–Crippen MR) is 281 cm³/mol. The van der Waals surface area contributed by atoms with Gasteiger partial charge in [-0.15, -0.1) is 132 Å². The molecule has 385 valence electrons. The number of ketones is 2. The van der Waals surface area contributed by atoms with Crippen LogP contribution in [0.15, 0.2) is 234 Å². The minimum absolute atomic E-state index is 0. The number of aliphatic hydroxyl groups is 2. The van der Waals surface area contributed by atoms with Gasteiger partial charge in [-0.05, 0) is 69.3 Å². The minimum Gasteiger partial charge on any atom is -0.512 e. The fourth-order valence-electron chi connectivity index (χ4n) is 6.48. The summed E-state index contributed by atoms with van der Waals surface area (Å²) < 4.78 is 10.8. The molecule has 2 aliphatic rings. The van der Waals surface area contributed by atoms with Crippen molar-refractivity contribution in [3.05, 3.63) is 260 Å². The van der Waals surface area contributed by atoms with E-state index in [9.17, 15) is 9.59 Å². The number of nitrogens with zero attached hydrogens (tertiary/aromatic N) is 4. The number of hydrogen-bond acceptors (Lipinski definition) is 10. The molecule has 0 saturated heterocycles. The first-order valence-electron chi connectivity index (χ1n) is 22.5. The van der Waals surface area contributed by atoms with E-state index < -0.39 is 0 Å². The first-order chi connectivity index (χ1) is 34.5. The fourth-order valence-corrected chi connectivity index (χ4v) is 6.48. The van der Waals surface area contributed by atoms with E-state index in [1.807, 2.05) is 158 Å². The topological polar surface area (TPSA) is 148 Å². The van der Waals surface area contributed by atoms with E-state index in [0.29, 0.717) is 11.8 Å². The van der Waals surface area contributed by atoms with Gasteiger partial charge in [0, 0.05) is 90.4 Å². The molecule has 13 heteroatoms. The van der Waals surface area contributed by atoms with Crippen molar-refractivity contribution in [1.82, 2.24) is 15.0 Å². The van der Waals surface area contributed by atoms with E-state index in [0.717, 1.165) is 33.6 Å². The van der Waals surface area contributed by atoms with Gasteiger partial charge in [-0.1, -0.05) is 77.9 Å². The maximum absolute atomic E-state index is 10.0. The van der Waals surface area contributed by atoms with E-state index in [1.165, 1.54) is 56.5 Å². The molecule has 3 aromatic heterocycles. The first-order valence-corrected chi connectivity index (χ1v) is 22.5. The molecule has 1 aliphatic carbocycles. The Morgan fingerprint density at radius 2 is 1.08 bits per heavy atom. The molecule has 8 aromatic rings. The normalized spacial score (nSPS) is 13.3. The molecule has 4 heterocycles. The van der Waals surface area contributed by atoms with E-state index in [1.54, 1.807) is 18.7 Å². The van der Waals surface area contributed by atoms with Gasteiger partial charge in [-0.2, -0.15) is 0 Å². The van der Waals surface area contributed by atoms with Crippen LogP contribution in [0.5, 0.6) is 0 Å². The Kier molecular flexibility index (Phi) is 29.9. The average Bonchev–Trinajstić information content (AvgIpc) is 4.10. The van der Waals surface area contributed by atoms with Crippen LogP contribution in [-0.4, -0.2) is 54.8 Å². The number of ether oxygens (including phenoxy) is 1. The van der Waals surface area contributed by atoms with Gasteiger partial charge < -0.3 is 29.3 Å². The van der Waals surface area contributed by atoms with Crippen LogP contribution >= 0.6 is 0 Å². The Morgan fingerprint density at radius 3 is 1.53 bits per heavy atom. The number of allylic oxidation sites excluding steroid dienone is 6. The summed E-state index contributed by atoms with van der Waals surface area (Å²) in [6.45, 7) is 7.82. The zero-order valence-corrected chi connectivity index (χ0v) is 48.4. The van der Waals surface area contributed by atoms with Gasteiger partial charge in [0.1, 0.15) is 23.9 Å². The first kappa shape index (κ1) is 63.0. The third-order valence-corrected chi connectivity index (χ3v) is 9.54. The molecule has 0 spiro atoms. The summed E-state index contributed by atoms with van der Waals surface area (Å²) in [5, 5.41) is 16.7. The number of aliphatic hydroxyl groups excluding tert-OH is 2. The van der Waals surface area contributed by atoms with Gasteiger partial charge in [0.05, 0.1) is 24.0 Å². The van der Waals surface area contributed by atoms with Gasteiger partial charge >= 0.3 is 0 Å². The molecule has 74 heavy (non-hydrogen) atoms. The average molecular weight is 1520 g/mol. The summed E-state index contributed by atoms with van der Waals surface area (Å²) in [5.41, 5.74) is 9.44. The number of benzene rings is 5. The van der Waals surface area contributed by atoms with Gasteiger partial charge in [-0.25, -0.2) is 0 Å². The Labute approximate surface area is 474 Å². The number of carbonyl (C=O) groups is 2. The van der Waals surface area contributed by atoms with Gasteiger partial charge in [-0.3, -0.25) is 19.6 Å². The second-order valence-electron chi connectivity index (χ2n) is 15.5. The second kappa shape index (κ2) is 35.1. The van der Waals surface area contributed by atoms with Crippen molar-refractivity contribution in [2.45, 2.75) is 46.8 Å². The zero-order valence-electron chi connectivity index (χ0n) is 41.2. The molecule has 10 rings (SSSR count). The molecule has 0 amide bonds. The number of pyridine rings is 2. The zero-order chi connectivity index (χ0) is 50.6. The SMILES string of the molecule is CC(=O)C=C(C)O.CC(=O)C=C(C)O.Cc1cc(-c2[c-]cccc2)ncc1-c1ccccc1.[Ir].[Ir].[Ir].[c-]1ccccc1-c1ccccn1.[c-]1ccccc1-c1ncco1.[c-]1ccccc1C1=NC2C=CC=CC2O1. The summed E-state index contributed by atoms with van der Waals surface area (Å²) in [7, 11) is 0. The number of fused-ring (bicyclic) bond motifs is 1. The molecule has 0 fully saturated rings. The fraction of sp³-hybridized carbons (Fsp3) is 0.115. The van der Waals surface area contributed by atoms with Crippen LogP contribution in [0.3, 0.4) is 0 Å². The number of hydrogen-bond donors (Lipinski definition) is 2. The summed E-state index contributed by atoms with van der Waals surface area (Å²) in [5.74, 6) is 1.19. The van der Waals surface area contributed by atoms with Crippen LogP contribution in [0.25, 0.3) is 45.1 Å². The summed E-state index contributed by atoms with van der Waals surface area (Å²) >= 11 is 0. The van der Waals surface area contributed by atoms with Crippen LogP contribution in [0.1, 0.15) is 38.8 Å². The van der Waals surface area contributed by atoms with Gasteiger partial charge in [0.25, 0.3) is 0 Å². The number of aromatic nitrogens is 3. The third kappa shape index (κ3) is 22.8. The Hall–Kier alpha value is -7.07. The van der Waals surface area contributed by atoms with Crippen molar-refractivity contribution >= 4 is 17.5 Å². The van der Waals surface area contributed by atoms with E-state index in [4.69, 9.17) is 19.4 Å². The standard InChI is InChI=1S/C18H14N.C13H10NO.C11H8N.C9H6NO.2C5H8O2.3Ir/c1-14-12-18(16-10-6-3-7-11-16)19-13-17(14)15-8-4-2-5-9-15;1-2-6-10(7-3-1)13-14-11-8-4-5-9-12(11)15-13;1-2-6-10(7-3-1)11-8-4-5-9-12-11;1-2-4-8(5-3-1)9-10-6-7-11-9;2*1-4(6)3-5(2)7;;;/h2-10,12-13H,1H3;1-6,8-9,11-12H;1-6,8-9H;1-4,6-7H;2*3,6H,1-2H3;;;/q4*-1;;;;;. The van der Waals surface area contributed by atoms with Crippen molar-refractivity contribution in [3.8, 4) is 45.1 Å². The smallest absolute Gasteiger partial charge is 0.155 e. The number of carbonyl (C=O) groups excluding carboxylic acids is 2. The molecule has 5 aromatic carbocycles. The number of rotatable bonds is 7. The van der Waals surface area contributed by atoms with Crippen molar-refractivity contribution in [2.75, 3.05) is 0 Å². The van der Waals surface area contributed by atoms with E-state index in [-0.39, 0.29) is 95.5 Å². The number of oxazole rings is 1. The van der Waals surface area contributed by atoms with Crippen molar-refractivity contribution in [2.24, 2.45) is 4.99 Å². The third-order valence-electron chi connectivity index (χ3n) is 9.54. The molecule has 2 unspecified atom stereocenters. The van der Waals surface area contributed by atoms with Crippen molar-refractivity contribution in [3.63, 3.8) is 0 Å². The molecular weight excluding hydrogens is 1460 g/mol. The van der Waals surface area contributed by atoms with Crippen LogP contribution in [0.2, 0.25) is 0 Å². The van der Waals surface area contributed by atoms with Crippen LogP contribution < -0.4 is 0 Å². The van der Waals surface area contributed by atoms with Crippen molar-refractivity contribution < 1.29 is 89.3 Å². The maximum atomic E-state index is 10.0. The quantitative estimate of drug-likeness (QED) is 0.0904. The van der Waals surface area contributed by atoms with Crippen LogP contribution in [0, 0.1) is 31.2 Å². The van der Waals surface area contributed by atoms with E-state index in [2.05, 4.69) is 75.4 Å². The number of aryl methyl sites for hydroxylation is 1. The molecule has 3 radical (unpaired) electrons. The van der Waals surface area contributed by atoms with Gasteiger partial charge in [0.2, 0.25) is 0 Å². The molecule has 10 nitrogen and oxygen atoms in total. The molecule has 0 saturated carbocycles. The van der Waals surface area contributed by atoms with Crippen LogP contribution in [0.4, 0.5) is 0 Å². The molecule has 1 aliphatic heterocycles. The predicted octanol–water partition coefficient (Wildman–Crippen LogP) is 13.4. The summed E-state index contributed by atoms with van der Waals surface area (Å²) in [6, 6.07) is 62.0. The monoisotopic (exact) mass is 1520 g/mol. The van der Waals surface area contributed by atoms with E-state index >= 15 is 0 Å². The Morgan fingerprint density at radius 1 is 0.568 bits per heavy atom. The van der Waals surface area contributed by atoms with Crippen LogP contribution in [-0.2, 0) is 74.6 Å². The molecule has 2 N–H and O–H groups in total. The second-order valence-corrected chi connectivity index (χ2v) is 15.5. The Balaban J connectivity index is 0.000000312. The van der Waals surface area contributed by atoms with Crippen molar-refractivity contribution in [1.29, 1.82) is 0 Å². The summed E-state index contributed by atoms with van der Waals surface area (Å²) in [4.78, 5) is 37.3.